The van der Waals surface area contributed by atoms with E-state index in [2.05, 4.69) is 10.3 Å². The van der Waals surface area contributed by atoms with Gasteiger partial charge in [0.2, 0.25) is 0 Å². The fraction of sp³-hybridized carbons (Fsp3) is 0.143. The van der Waals surface area contributed by atoms with Crippen molar-refractivity contribution >= 4 is 37.9 Å². The molecule has 0 bridgehead atoms. The normalized spacial score (nSPS) is 11.7. The Morgan fingerprint density at radius 1 is 0.974 bits per heavy atom. The van der Waals surface area contributed by atoms with Crippen molar-refractivity contribution in [3.63, 3.8) is 0 Å². The highest BCUT2D eigenvalue weighted by Crippen LogP contribution is 2.29. The minimum Gasteiger partial charge on any atom is -0.485 e. The number of anilines is 1. The van der Waals surface area contributed by atoms with Gasteiger partial charge in [0.25, 0.3) is 5.91 Å². The molecule has 1 N–H and O–H groups in total. The van der Waals surface area contributed by atoms with Crippen molar-refractivity contribution in [3.8, 4) is 5.75 Å². The summed E-state index contributed by atoms with van der Waals surface area (Å²) in [5.74, 6) is -1.73. The van der Waals surface area contributed by atoms with Crippen LogP contribution in [-0.2, 0) is 22.2 Å². The van der Waals surface area contributed by atoms with Crippen molar-refractivity contribution in [2.45, 2.75) is 19.3 Å². The number of fused-ring (bicyclic) bond motifs is 2. The first-order valence-corrected chi connectivity index (χ1v) is 13.7. The number of nitrogens with one attached hydrogen (secondary N) is 1. The summed E-state index contributed by atoms with van der Waals surface area (Å²) >= 11 is 0. The fourth-order valence-corrected chi connectivity index (χ4v) is 5.25. The van der Waals surface area contributed by atoms with E-state index in [0.717, 1.165) is 17.5 Å². The molecule has 194 valence electrons. The largest absolute Gasteiger partial charge is 0.485 e. The van der Waals surface area contributed by atoms with Crippen LogP contribution in [0.25, 0.3) is 16.4 Å². The number of aromatic nitrogens is 2. The van der Waals surface area contributed by atoms with Crippen LogP contribution in [0.3, 0.4) is 0 Å². The number of sulfone groups is 1. The molecule has 0 atom stereocenters. The van der Waals surface area contributed by atoms with Crippen LogP contribution in [0.2, 0.25) is 0 Å². The Hall–Kier alpha value is -4.31. The van der Waals surface area contributed by atoms with Gasteiger partial charge in [-0.25, -0.2) is 22.2 Å². The van der Waals surface area contributed by atoms with E-state index in [4.69, 9.17) is 4.74 Å². The van der Waals surface area contributed by atoms with Crippen molar-refractivity contribution in [3.05, 3.63) is 107 Å². The number of hydrogen-bond acceptors (Lipinski definition) is 5. The molecule has 1 amide bonds. The third-order valence-corrected chi connectivity index (χ3v) is 6.95. The minimum absolute atomic E-state index is 0.117. The van der Waals surface area contributed by atoms with Crippen molar-refractivity contribution in [2.75, 3.05) is 11.6 Å². The summed E-state index contributed by atoms with van der Waals surface area (Å²) in [6.07, 6.45) is 2.82. The lowest BCUT2D eigenvalue weighted by Gasteiger charge is -2.12. The van der Waals surface area contributed by atoms with Crippen molar-refractivity contribution in [1.29, 1.82) is 0 Å². The van der Waals surface area contributed by atoms with E-state index >= 15 is 0 Å². The number of nitrogens with zero attached hydrogens (tertiary/aromatic N) is 2. The SMILES string of the molecule is Cc1nc2c(OCc3c(F)cccc3F)cccn2c1C(=O)Nc1cccc2c(CS(C)(=O)=O)cccc12. The highest BCUT2D eigenvalue weighted by molar-refractivity contribution is 7.89. The first kappa shape index (κ1) is 25.3. The first-order valence-electron chi connectivity index (χ1n) is 11.7. The van der Waals surface area contributed by atoms with Gasteiger partial charge in [-0.3, -0.25) is 9.20 Å². The smallest absolute Gasteiger partial charge is 0.274 e. The van der Waals surface area contributed by atoms with Gasteiger partial charge >= 0.3 is 0 Å². The van der Waals surface area contributed by atoms with E-state index in [0.29, 0.717) is 28.0 Å². The van der Waals surface area contributed by atoms with Gasteiger partial charge in [-0.15, -0.1) is 0 Å². The number of halogens is 2. The Labute approximate surface area is 217 Å². The summed E-state index contributed by atoms with van der Waals surface area (Å²) in [4.78, 5) is 17.9. The van der Waals surface area contributed by atoms with Crippen LogP contribution in [0.1, 0.15) is 27.3 Å². The van der Waals surface area contributed by atoms with Crippen molar-refractivity contribution in [1.82, 2.24) is 9.38 Å². The summed E-state index contributed by atoms with van der Waals surface area (Å²) < 4.78 is 59.1. The van der Waals surface area contributed by atoms with E-state index in [1.165, 1.54) is 12.3 Å². The highest BCUT2D eigenvalue weighted by atomic mass is 32.2. The van der Waals surface area contributed by atoms with E-state index in [9.17, 15) is 22.0 Å². The average Bonchev–Trinajstić information content (AvgIpc) is 3.20. The lowest BCUT2D eigenvalue weighted by molar-refractivity contribution is 0.102. The van der Waals surface area contributed by atoms with Crippen LogP contribution in [-0.4, -0.2) is 30.0 Å². The molecular formula is C28H23F2N3O4S. The summed E-state index contributed by atoms with van der Waals surface area (Å²) in [5, 5.41) is 4.34. The zero-order valence-electron chi connectivity index (χ0n) is 20.5. The molecule has 5 rings (SSSR count). The Balaban J connectivity index is 1.47. The van der Waals surface area contributed by atoms with Crippen LogP contribution in [0.5, 0.6) is 5.75 Å². The maximum atomic E-state index is 14.0. The monoisotopic (exact) mass is 535 g/mol. The second kappa shape index (κ2) is 9.86. The van der Waals surface area contributed by atoms with Gasteiger partial charge in [-0.1, -0.05) is 36.4 Å². The molecule has 0 radical (unpaired) electrons. The molecule has 7 nitrogen and oxygen atoms in total. The van der Waals surface area contributed by atoms with Gasteiger partial charge in [0.15, 0.2) is 21.2 Å². The molecule has 0 fully saturated rings. The number of carbonyl (C=O) groups excluding carboxylic acids is 1. The molecule has 5 aromatic rings. The van der Waals surface area contributed by atoms with E-state index in [1.807, 2.05) is 12.1 Å². The predicted octanol–water partition coefficient (Wildman–Crippen LogP) is 5.45. The number of imidazole rings is 1. The molecule has 0 spiro atoms. The van der Waals surface area contributed by atoms with Gasteiger partial charge in [0, 0.05) is 23.5 Å². The van der Waals surface area contributed by atoms with E-state index in [-0.39, 0.29) is 29.4 Å². The Morgan fingerprint density at radius 3 is 2.39 bits per heavy atom. The maximum absolute atomic E-state index is 14.0. The Morgan fingerprint density at radius 2 is 1.66 bits per heavy atom. The molecule has 0 unspecified atom stereocenters. The Kier molecular flexibility index (Phi) is 6.58. The van der Waals surface area contributed by atoms with Gasteiger partial charge in [0.1, 0.15) is 23.9 Å². The molecule has 0 aliphatic heterocycles. The topological polar surface area (TPSA) is 89.8 Å². The number of aryl methyl sites for hydroxylation is 1. The Bertz CT molecular complexity index is 1800. The standard InChI is InChI=1S/C28H23F2N3O4S/c1-17-26(28(34)32-24-12-4-8-19-18(16-38(2,35)36)7-3-9-20(19)24)33-14-6-13-25(27(33)31-17)37-15-21-22(29)10-5-11-23(21)30/h3-14H,15-16H2,1-2H3,(H,32,34). The third-order valence-electron chi connectivity index (χ3n) is 6.12. The van der Waals surface area contributed by atoms with Crippen LogP contribution in [0.4, 0.5) is 14.5 Å². The zero-order chi connectivity index (χ0) is 27.0. The number of amides is 1. The molecule has 3 aromatic carbocycles. The summed E-state index contributed by atoms with van der Waals surface area (Å²) in [7, 11) is -3.25. The van der Waals surface area contributed by atoms with Crippen molar-refractivity contribution in [2.24, 2.45) is 0 Å². The third kappa shape index (κ3) is 4.95. The zero-order valence-corrected chi connectivity index (χ0v) is 21.4. The quantitative estimate of drug-likeness (QED) is 0.299. The first-order chi connectivity index (χ1) is 18.1. The minimum atomic E-state index is -3.25. The van der Waals surface area contributed by atoms with Crippen LogP contribution in [0, 0.1) is 18.6 Å². The number of hydrogen-bond donors (Lipinski definition) is 1. The number of rotatable bonds is 7. The lowest BCUT2D eigenvalue weighted by Crippen LogP contribution is -2.16. The number of pyridine rings is 1. The second-order valence-corrected chi connectivity index (χ2v) is 11.1. The molecule has 2 heterocycles. The second-order valence-electron chi connectivity index (χ2n) is 8.94. The predicted molar refractivity (Wildman–Crippen MR) is 141 cm³/mol. The van der Waals surface area contributed by atoms with E-state index in [1.54, 1.807) is 53.9 Å². The molecule has 10 heteroatoms. The molecule has 0 saturated carbocycles. The fourth-order valence-electron chi connectivity index (χ4n) is 4.44. The number of carbonyl (C=O) groups is 1. The number of ether oxygens (including phenoxy) is 1. The lowest BCUT2D eigenvalue weighted by atomic mass is 10.0. The highest BCUT2D eigenvalue weighted by Gasteiger charge is 2.21. The van der Waals surface area contributed by atoms with Crippen LogP contribution in [0.15, 0.2) is 72.9 Å². The van der Waals surface area contributed by atoms with Gasteiger partial charge in [-0.2, -0.15) is 0 Å². The summed E-state index contributed by atoms with van der Waals surface area (Å²) in [5.41, 5.74) is 1.95. The van der Waals surface area contributed by atoms with Gasteiger partial charge in [0.05, 0.1) is 17.0 Å². The van der Waals surface area contributed by atoms with Crippen LogP contribution >= 0.6 is 0 Å². The molecular weight excluding hydrogens is 512 g/mol. The molecule has 0 saturated heterocycles. The van der Waals surface area contributed by atoms with Crippen molar-refractivity contribution < 1.29 is 26.7 Å². The molecule has 0 aliphatic rings. The summed E-state index contributed by atoms with van der Waals surface area (Å²) in [6, 6.07) is 17.4. The van der Waals surface area contributed by atoms with E-state index < -0.39 is 27.4 Å². The molecule has 38 heavy (non-hydrogen) atoms. The maximum Gasteiger partial charge on any atom is 0.274 e. The average molecular weight is 536 g/mol. The summed E-state index contributed by atoms with van der Waals surface area (Å²) in [6.45, 7) is 1.33. The van der Waals surface area contributed by atoms with Crippen LogP contribution < -0.4 is 10.1 Å². The number of benzene rings is 3. The molecule has 0 aliphatic carbocycles. The van der Waals surface area contributed by atoms with Gasteiger partial charge in [-0.05, 0) is 48.2 Å². The van der Waals surface area contributed by atoms with Gasteiger partial charge < -0.3 is 10.1 Å². The molecule has 2 aromatic heterocycles.